The standard InChI is InChI=1S/C27H28ClN5O3S/c1-19-17-22(20-5-7-23(8-6-20)37(35,36)31-25-9-13-29-18-30-25)11-16-33(19)26(34)12-15-32-14-10-21-3-2-4-24(28)27(21)32/h2-10,13-14,18-19,22H,11-12,15-17H2,1H3,(H,29,30,31)/t19-,22?/m1/s1. The number of hydrogen-bond acceptors (Lipinski definition) is 5. The number of anilines is 1. The number of aromatic nitrogens is 3. The molecule has 0 bridgehead atoms. The normalized spacial score (nSPS) is 18.2. The Kier molecular flexibility index (Phi) is 7.17. The number of amides is 1. The third-order valence-corrected chi connectivity index (χ3v) is 8.66. The molecule has 8 nitrogen and oxygen atoms in total. The van der Waals surface area contributed by atoms with Gasteiger partial charge in [-0.05, 0) is 61.6 Å². The van der Waals surface area contributed by atoms with Crippen LogP contribution in [0.25, 0.3) is 10.9 Å². The van der Waals surface area contributed by atoms with Crippen LogP contribution in [-0.4, -0.2) is 46.3 Å². The highest BCUT2D eigenvalue weighted by Gasteiger charge is 2.29. The predicted octanol–water partition coefficient (Wildman–Crippen LogP) is 5.07. The topological polar surface area (TPSA) is 97.2 Å². The lowest BCUT2D eigenvalue weighted by atomic mass is 9.86. The quantitative estimate of drug-likeness (QED) is 0.355. The maximum Gasteiger partial charge on any atom is 0.263 e. The van der Waals surface area contributed by atoms with Gasteiger partial charge in [0.05, 0.1) is 15.4 Å². The minimum absolute atomic E-state index is 0.0964. The Morgan fingerprint density at radius 3 is 2.68 bits per heavy atom. The molecule has 1 aliphatic rings. The number of sulfonamides is 1. The fourth-order valence-corrected chi connectivity index (χ4v) is 6.37. The zero-order valence-corrected chi connectivity index (χ0v) is 22.0. The molecular formula is C27H28ClN5O3S. The number of fused-ring (bicyclic) bond motifs is 1. The number of para-hydroxylation sites is 1. The molecule has 10 heteroatoms. The van der Waals surface area contributed by atoms with Gasteiger partial charge < -0.3 is 9.47 Å². The largest absolute Gasteiger partial charge is 0.346 e. The average molecular weight is 538 g/mol. The summed E-state index contributed by atoms with van der Waals surface area (Å²) in [6.45, 7) is 3.33. The second-order valence-electron chi connectivity index (χ2n) is 9.36. The van der Waals surface area contributed by atoms with E-state index in [0.717, 1.165) is 29.3 Å². The number of nitrogens with zero attached hydrogens (tertiary/aromatic N) is 4. The summed E-state index contributed by atoms with van der Waals surface area (Å²) in [4.78, 5) is 22.9. The van der Waals surface area contributed by atoms with E-state index in [2.05, 4.69) is 21.6 Å². The van der Waals surface area contributed by atoms with Crippen molar-refractivity contribution < 1.29 is 13.2 Å². The number of likely N-dealkylation sites (tertiary alicyclic amines) is 1. The van der Waals surface area contributed by atoms with Crippen LogP contribution in [0, 0.1) is 0 Å². The maximum atomic E-state index is 13.1. The van der Waals surface area contributed by atoms with Gasteiger partial charge in [-0.25, -0.2) is 18.4 Å². The van der Waals surface area contributed by atoms with Crippen LogP contribution in [-0.2, 0) is 21.4 Å². The first-order chi connectivity index (χ1) is 17.8. The van der Waals surface area contributed by atoms with Gasteiger partial charge in [-0.1, -0.05) is 35.9 Å². The molecule has 3 heterocycles. The van der Waals surface area contributed by atoms with Gasteiger partial charge in [0.1, 0.15) is 12.1 Å². The summed E-state index contributed by atoms with van der Waals surface area (Å²) in [5.74, 6) is 0.618. The summed E-state index contributed by atoms with van der Waals surface area (Å²) in [7, 11) is -3.74. The molecule has 4 aromatic rings. The molecule has 1 amide bonds. The van der Waals surface area contributed by atoms with Crippen molar-refractivity contribution in [3.8, 4) is 0 Å². The first kappa shape index (κ1) is 25.2. The molecule has 37 heavy (non-hydrogen) atoms. The van der Waals surface area contributed by atoms with Crippen LogP contribution in [0.4, 0.5) is 5.82 Å². The minimum atomic E-state index is -3.74. The smallest absolute Gasteiger partial charge is 0.263 e. The van der Waals surface area contributed by atoms with Crippen LogP contribution in [0.3, 0.4) is 0 Å². The van der Waals surface area contributed by atoms with Gasteiger partial charge in [0.2, 0.25) is 5.91 Å². The number of nitrogens with one attached hydrogen (secondary N) is 1. The fourth-order valence-electron chi connectivity index (χ4n) is 5.07. The molecule has 1 fully saturated rings. The second-order valence-corrected chi connectivity index (χ2v) is 11.5. The van der Waals surface area contributed by atoms with Crippen molar-refractivity contribution in [1.29, 1.82) is 0 Å². The Labute approximate surface area is 221 Å². The van der Waals surface area contributed by atoms with Gasteiger partial charge in [-0.15, -0.1) is 0 Å². The van der Waals surface area contributed by atoms with Gasteiger partial charge in [0.15, 0.2) is 0 Å². The van der Waals surface area contributed by atoms with Crippen LogP contribution in [0.2, 0.25) is 5.02 Å². The predicted molar refractivity (Wildman–Crippen MR) is 144 cm³/mol. The number of rotatable bonds is 7. The molecule has 0 aliphatic carbocycles. The van der Waals surface area contributed by atoms with Crippen molar-refractivity contribution in [3.63, 3.8) is 0 Å². The van der Waals surface area contributed by atoms with Gasteiger partial charge in [-0.3, -0.25) is 9.52 Å². The monoisotopic (exact) mass is 537 g/mol. The lowest BCUT2D eigenvalue weighted by Crippen LogP contribution is -2.44. The zero-order chi connectivity index (χ0) is 26.0. The van der Waals surface area contributed by atoms with E-state index >= 15 is 0 Å². The molecule has 1 N–H and O–H groups in total. The molecule has 1 saturated heterocycles. The molecule has 2 atom stereocenters. The van der Waals surface area contributed by atoms with E-state index in [1.807, 2.05) is 52.1 Å². The van der Waals surface area contributed by atoms with Crippen molar-refractivity contribution >= 4 is 44.3 Å². The highest BCUT2D eigenvalue weighted by molar-refractivity contribution is 7.92. The van der Waals surface area contributed by atoms with Crippen LogP contribution >= 0.6 is 11.6 Å². The lowest BCUT2D eigenvalue weighted by molar-refractivity contribution is -0.134. The van der Waals surface area contributed by atoms with E-state index in [9.17, 15) is 13.2 Å². The van der Waals surface area contributed by atoms with Gasteiger partial charge in [-0.2, -0.15) is 0 Å². The minimum Gasteiger partial charge on any atom is -0.346 e. The van der Waals surface area contributed by atoms with Crippen LogP contribution in [0.1, 0.15) is 37.7 Å². The number of hydrogen-bond donors (Lipinski definition) is 1. The summed E-state index contributed by atoms with van der Waals surface area (Å²) >= 11 is 6.38. The Bertz CT molecular complexity index is 1510. The number of piperidine rings is 1. The molecule has 192 valence electrons. The van der Waals surface area contributed by atoms with E-state index in [0.29, 0.717) is 24.5 Å². The van der Waals surface area contributed by atoms with E-state index < -0.39 is 10.0 Å². The fraction of sp³-hybridized carbons (Fsp3) is 0.296. The third kappa shape index (κ3) is 5.47. The Morgan fingerprint density at radius 1 is 1.14 bits per heavy atom. The summed E-state index contributed by atoms with van der Waals surface area (Å²) in [6.07, 6.45) is 6.82. The van der Waals surface area contributed by atoms with Crippen LogP contribution in [0.15, 0.2) is 78.2 Å². The SMILES string of the molecule is C[C@@H]1CC(c2ccc(S(=O)(=O)Nc3ccncn3)cc2)CCN1C(=O)CCn1ccc2cccc(Cl)c21. The molecule has 0 spiro atoms. The summed E-state index contributed by atoms with van der Waals surface area (Å²) in [6, 6.07) is 16.4. The third-order valence-electron chi connectivity index (χ3n) is 6.99. The summed E-state index contributed by atoms with van der Waals surface area (Å²) < 4.78 is 29.8. The lowest BCUT2D eigenvalue weighted by Gasteiger charge is -2.38. The van der Waals surface area contributed by atoms with Crippen LogP contribution in [0.5, 0.6) is 0 Å². The Morgan fingerprint density at radius 2 is 1.95 bits per heavy atom. The molecule has 2 aromatic carbocycles. The molecular weight excluding hydrogens is 510 g/mol. The van der Waals surface area contributed by atoms with Gasteiger partial charge in [0.25, 0.3) is 10.0 Å². The van der Waals surface area contributed by atoms with Crippen LogP contribution < -0.4 is 4.72 Å². The molecule has 0 radical (unpaired) electrons. The number of halogens is 1. The molecule has 2 aromatic heterocycles. The Balaban J connectivity index is 1.19. The molecule has 1 unspecified atom stereocenters. The van der Waals surface area contributed by atoms with Crippen molar-refractivity contribution in [2.45, 2.75) is 49.6 Å². The maximum absolute atomic E-state index is 13.1. The molecule has 0 saturated carbocycles. The van der Waals surface area contributed by atoms with E-state index in [-0.39, 0.29) is 28.6 Å². The van der Waals surface area contributed by atoms with E-state index in [1.165, 1.54) is 18.6 Å². The summed E-state index contributed by atoms with van der Waals surface area (Å²) in [5, 5.41) is 1.76. The first-order valence-corrected chi connectivity index (χ1v) is 14.1. The summed E-state index contributed by atoms with van der Waals surface area (Å²) in [5.41, 5.74) is 2.04. The number of aryl methyl sites for hydroxylation is 1. The molecule has 5 rings (SSSR count). The van der Waals surface area contributed by atoms with Crippen molar-refractivity contribution in [3.05, 3.63) is 83.9 Å². The van der Waals surface area contributed by atoms with Gasteiger partial charge in [0, 0.05) is 43.3 Å². The van der Waals surface area contributed by atoms with Crippen molar-refractivity contribution in [2.75, 3.05) is 11.3 Å². The number of benzene rings is 2. The van der Waals surface area contributed by atoms with E-state index in [4.69, 9.17) is 11.6 Å². The van der Waals surface area contributed by atoms with Gasteiger partial charge >= 0.3 is 0 Å². The first-order valence-electron chi connectivity index (χ1n) is 12.2. The number of carbonyl (C=O) groups is 1. The van der Waals surface area contributed by atoms with E-state index in [1.54, 1.807) is 12.1 Å². The van der Waals surface area contributed by atoms with Crippen molar-refractivity contribution in [1.82, 2.24) is 19.4 Å². The average Bonchev–Trinajstić information content (AvgIpc) is 3.32. The molecule has 1 aliphatic heterocycles. The zero-order valence-electron chi connectivity index (χ0n) is 20.4. The highest BCUT2D eigenvalue weighted by Crippen LogP contribution is 2.33. The number of carbonyl (C=O) groups excluding carboxylic acids is 1. The highest BCUT2D eigenvalue weighted by atomic mass is 35.5. The Hall–Kier alpha value is -3.43. The van der Waals surface area contributed by atoms with Crippen molar-refractivity contribution in [2.24, 2.45) is 0 Å². The second kappa shape index (κ2) is 10.5.